The Labute approximate surface area is 251 Å². The van der Waals surface area contributed by atoms with Gasteiger partial charge >= 0.3 is 0 Å². The summed E-state index contributed by atoms with van der Waals surface area (Å²) in [6.45, 7) is 5.45. The van der Waals surface area contributed by atoms with Crippen molar-refractivity contribution in [2.45, 2.75) is 50.7 Å². The number of hydrogen-bond donors (Lipinski definition) is 1. The lowest BCUT2D eigenvalue weighted by atomic mass is 9.86. The number of fused-ring (bicyclic) bond motifs is 2. The Bertz CT molecular complexity index is 1640. The van der Waals surface area contributed by atoms with Crippen LogP contribution >= 0.6 is 0 Å². The van der Waals surface area contributed by atoms with Gasteiger partial charge in [0.2, 0.25) is 14.3 Å². The molecular weight excluding hydrogens is 565 g/mol. The molecule has 0 aliphatic carbocycles. The molecule has 1 aliphatic heterocycles. The van der Waals surface area contributed by atoms with Crippen molar-refractivity contribution in [3.63, 3.8) is 0 Å². The van der Waals surface area contributed by atoms with Gasteiger partial charge in [-0.2, -0.15) is 9.78 Å². The van der Waals surface area contributed by atoms with E-state index in [1.165, 1.54) is 4.68 Å². The summed E-state index contributed by atoms with van der Waals surface area (Å²) in [4.78, 5) is 28.4. The molecule has 8 nitrogen and oxygen atoms in total. The molecule has 226 valence electrons. The summed E-state index contributed by atoms with van der Waals surface area (Å²) in [6, 6.07) is 22.2. The van der Waals surface area contributed by atoms with Crippen LogP contribution in [-0.2, 0) is 16.1 Å². The first-order valence-electron chi connectivity index (χ1n) is 14.5. The topological polar surface area (TPSA) is 93.9 Å². The Morgan fingerprint density at radius 3 is 2.56 bits per heavy atom. The molecule has 0 radical (unpaired) electrons. The van der Waals surface area contributed by atoms with Crippen molar-refractivity contribution in [1.29, 1.82) is 0 Å². The highest BCUT2D eigenvalue weighted by Gasteiger charge is 2.48. The molecule has 0 fully saturated rings. The maximum absolute atomic E-state index is 16.1. The zero-order valence-corrected chi connectivity index (χ0v) is 25.9. The van der Waals surface area contributed by atoms with Gasteiger partial charge in [-0.1, -0.05) is 55.5 Å². The molecule has 0 spiro atoms. The lowest BCUT2D eigenvalue weighted by molar-refractivity contribution is -0.133. The van der Waals surface area contributed by atoms with Gasteiger partial charge in [0.05, 0.1) is 30.0 Å². The Morgan fingerprint density at radius 2 is 1.86 bits per heavy atom. The molecule has 2 heterocycles. The van der Waals surface area contributed by atoms with Crippen LogP contribution in [-0.4, -0.2) is 60.5 Å². The first-order chi connectivity index (χ1) is 20.6. The van der Waals surface area contributed by atoms with E-state index in [0.29, 0.717) is 23.4 Å². The Morgan fingerprint density at radius 1 is 1.14 bits per heavy atom. The Kier molecular flexibility index (Phi) is 9.10. The van der Waals surface area contributed by atoms with Gasteiger partial charge in [0.15, 0.2) is 0 Å². The number of rotatable bonds is 10. The quantitative estimate of drug-likeness (QED) is 0.192. The normalized spacial score (nSPS) is 19.0. The molecule has 5 rings (SSSR count). The van der Waals surface area contributed by atoms with E-state index >= 15 is 4.11 Å². The zero-order valence-electron chi connectivity index (χ0n) is 24.9. The van der Waals surface area contributed by atoms with Crippen LogP contribution in [0.1, 0.15) is 30.6 Å². The molecule has 0 bridgehead atoms. The first kappa shape index (κ1) is 30.6. The van der Waals surface area contributed by atoms with E-state index in [4.69, 9.17) is 9.47 Å². The number of halogens is 1. The van der Waals surface area contributed by atoms with Crippen molar-refractivity contribution in [3.8, 4) is 11.4 Å². The maximum atomic E-state index is 16.1. The van der Waals surface area contributed by atoms with Gasteiger partial charge < -0.3 is 23.6 Å². The van der Waals surface area contributed by atoms with E-state index in [2.05, 4.69) is 5.10 Å². The minimum Gasteiger partial charge on any atom is -0.490 e. The van der Waals surface area contributed by atoms with Crippen LogP contribution in [0, 0.1) is 5.92 Å². The summed E-state index contributed by atoms with van der Waals surface area (Å²) < 4.78 is 29.9. The van der Waals surface area contributed by atoms with E-state index in [1.807, 2.05) is 61.5 Å². The van der Waals surface area contributed by atoms with Crippen LogP contribution in [0.15, 0.2) is 83.8 Å². The fraction of sp³-hybridized carbons (Fsp3) is 0.364. The summed E-state index contributed by atoms with van der Waals surface area (Å²) in [5.74, 6) is 0.00306. The molecule has 4 atom stereocenters. The van der Waals surface area contributed by atoms with Crippen LogP contribution < -0.4 is 10.3 Å². The fourth-order valence-electron chi connectivity index (χ4n) is 6.05. The molecule has 0 saturated carbocycles. The summed E-state index contributed by atoms with van der Waals surface area (Å²) in [7, 11) is -1.85. The zero-order chi connectivity index (χ0) is 30.7. The highest BCUT2D eigenvalue weighted by atomic mass is 28.4. The molecule has 10 heteroatoms. The Balaban J connectivity index is 1.45. The van der Waals surface area contributed by atoms with Gasteiger partial charge in [0.25, 0.3) is 5.56 Å². The summed E-state index contributed by atoms with van der Waals surface area (Å²) in [6.07, 6.45) is 0.537. The summed E-state index contributed by atoms with van der Waals surface area (Å²) in [5, 5.41) is 15.4. The molecule has 1 aliphatic rings. The molecule has 4 aromatic rings. The predicted octanol–water partition coefficient (Wildman–Crippen LogP) is 5.43. The van der Waals surface area contributed by atoms with Gasteiger partial charge in [0.1, 0.15) is 11.9 Å². The highest BCUT2D eigenvalue weighted by Crippen LogP contribution is 2.47. The average molecular weight is 604 g/mol. The SMILES string of the molecule is CO[C@@H]1c2cc(-n3ncc4ccccc4c3=O)ccc2O[C@H](C(CC(=O)N(CCO)Cc2ccccc2)[Si](C)(C)F)[C@H]1C. The average Bonchev–Trinajstić information content (AvgIpc) is 2.99. The lowest BCUT2D eigenvalue weighted by Gasteiger charge is -2.43. The largest absolute Gasteiger partial charge is 0.490 e. The second-order valence-corrected chi connectivity index (χ2v) is 15.5. The number of carbonyl (C=O) groups excluding carboxylic acids is 1. The molecule has 1 aromatic heterocycles. The minimum atomic E-state index is -3.45. The second kappa shape index (κ2) is 12.8. The number of aromatic nitrogens is 2. The van der Waals surface area contributed by atoms with Gasteiger partial charge in [0, 0.05) is 49.0 Å². The van der Waals surface area contributed by atoms with Gasteiger partial charge in [-0.05, 0) is 42.9 Å². The van der Waals surface area contributed by atoms with E-state index in [9.17, 15) is 14.7 Å². The standard InChI is InChI=1S/C33H38FN3O5Si/c1-22-31(41-2)27-18-25(37-33(40)26-13-9-8-12-24(26)20-35-37)14-15-28(27)42-32(22)29(43(3,4)34)19-30(39)36(16-17-38)21-23-10-6-5-7-11-23/h5-15,18,20,22,29,31-32,38H,16-17,19,21H2,1-4H3/t22-,29?,31-,32-/m0/s1. The van der Waals surface area contributed by atoms with Crippen LogP contribution in [0.3, 0.4) is 0 Å². The minimum absolute atomic E-state index is 0.0438. The monoisotopic (exact) mass is 603 g/mol. The maximum Gasteiger partial charge on any atom is 0.279 e. The van der Waals surface area contributed by atoms with Crippen LogP contribution in [0.4, 0.5) is 4.11 Å². The molecule has 3 aromatic carbocycles. The van der Waals surface area contributed by atoms with E-state index in [-0.39, 0.29) is 37.0 Å². The first-order valence-corrected chi connectivity index (χ1v) is 17.5. The molecular formula is C33H38FN3O5Si. The van der Waals surface area contributed by atoms with E-state index in [1.54, 1.807) is 49.5 Å². The summed E-state index contributed by atoms with van der Waals surface area (Å²) >= 11 is 0. The number of aliphatic hydroxyl groups excluding tert-OH is 1. The van der Waals surface area contributed by atoms with Gasteiger partial charge in [-0.25, -0.2) is 0 Å². The number of carbonyl (C=O) groups is 1. The highest BCUT2D eigenvalue weighted by molar-refractivity contribution is 6.72. The predicted molar refractivity (Wildman–Crippen MR) is 167 cm³/mol. The number of aliphatic hydroxyl groups is 1. The molecule has 43 heavy (non-hydrogen) atoms. The van der Waals surface area contributed by atoms with E-state index < -0.39 is 26.2 Å². The number of methoxy groups -OCH3 is 1. The van der Waals surface area contributed by atoms with Crippen molar-refractivity contribution in [2.24, 2.45) is 5.92 Å². The fourth-order valence-corrected chi connectivity index (χ4v) is 7.87. The second-order valence-electron chi connectivity index (χ2n) is 11.7. The smallest absolute Gasteiger partial charge is 0.279 e. The van der Waals surface area contributed by atoms with Crippen LogP contribution in [0.5, 0.6) is 5.75 Å². The number of benzene rings is 3. The third-order valence-electron chi connectivity index (χ3n) is 8.36. The molecule has 0 saturated heterocycles. The van der Waals surface area contributed by atoms with Crippen LogP contribution in [0.2, 0.25) is 18.6 Å². The molecule has 1 N–H and O–H groups in total. The summed E-state index contributed by atoms with van der Waals surface area (Å²) in [5.41, 5.74) is 1.34. The van der Waals surface area contributed by atoms with Crippen LogP contribution in [0.25, 0.3) is 16.5 Å². The van der Waals surface area contributed by atoms with Gasteiger partial charge in [-0.3, -0.25) is 9.59 Å². The molecule has 1 amide bonds. The number of ether oxygens (including phenoxy) is 2. The Hall–Kier alpha value is -3.86. The number of hydrogen-bond acceptors (Lipinski definition) is 6. The third-order valence-corrected chi connectivity index (χ3v) is 10.7. The van der Waals surface area contributed by atoms with Gasteiger partial charge in [-0.15, -0.1) is 0 Å². The third kappa shape index (κ3) is 6.41. The number of nitrogens with zero attached hydrogens (tertiary/aromatic N) is 3. The van der Waals surface area contributed by atoms with Crippen molar-refractivity contribution in [2.75, 3.05) is 20.3 Å². The van der Waals surface area contributed by atoms with E-state index in [0.717, 1.165) is 16.5 Å². The number of amides is 1. The van der Waals surface area contributed by atoms with Crippen molar-refractivity contribution in [3.05, 3.63) is 100 Å². The van der Waals surface area contributed by atoms with Crippen molar-refractivity contribution >= 4 is 25.1 Å². The van der Waals surface area contributed by atoms with Crippen molar-refractivity contribution in [1.82, 2.24) is 14.7 Å². The molecule has 1 unspecified atom stereocenters. The lowest BCUT2D eigenvalue weighted by Crippen LogP contribution is -2.48. The van der Waals surface area contributed by atoms with Crippen molar-refractivity contribution < 1.29 is 23.5 Å².